The molecule has 0 bridgehead atoms. The number of carboxylic acids is 1. The number of hydrogen-bond acceptors (Lipinski definition) is 2. The molecular weight excluding hydrogens is 256 g/mol. The van der Waals surface area contributed by atoms with E-state index in [0.717, 1.165) is 15.6 Å². The summed E-state index contributed by atoms with van der Waals surface area (Å²) >= 11 is 1.38. The topological polar surface area (TPSA) is 37.3 Å². The van der Waals surface area contributed by atoms with Gasteiger partial charge in [0.05, 0.1) is 0 Å². The zero-order valence-electron chi connectivity index (χ0n) is 12.1. The number of aromatic carboxylic acids is 1. The van der Waals surface area contributed by atoms with Crippen LogP contribution in [-0.4, -0.2) is 11.1 Å². The van der Waals surface area contributed by atoms with Crippen molar-refractivity contribution in [2.24, 2.45) is 0 Å². The Bertz CT molecular complexity index is 630. The summed E-state index contributed by atoms with van der Waals surface area (Å²) in [5.41, 5.74) is 2.29. The Kier molecular flexibility index (Phi) is 3.43. The van der Waals surface area contributed by atoms with Gasteiger partial charge in [-0.25, -0.2) is 4.79 Å². The van der Waals surface area contributed by atoms with E-state index in [4.69, 9.17) is 0 Å². The van der Waals surface area contributed by atoms with Gasteiger partial charge in [0, 0.05) is 4.70 Å². The summed E-state index contributed by atoms with van der Waals surface area (Å²) in [7, 11) is 0. The second-order valence-corrected chi connectivity index (χ2v) is 7.32. The predicted molar refractivity (Wildman–Crippen MR) is 81.6 cm³/mol. The number of thiophene rings is 1. The summed E-state index contributed by atoms with van der Waals surface area (Å²) < 4.78 is 1.06. The third-order valence-electron chi connectivity index (χ3n) is 3.36. The Balaban J connectivity index is 2.77. The molecule has 0 aliphatic heterocycles. The minimum absolute atomic E-state index is 0.0771. The maximum Gasteiger partial charge on any atom is 0.346 e. The molecule has 3 heteroatoms. The molecule has 1 aromatic heterocycles. The number of fused-ring (bicyclic) bond motifs is 1. The van der Waals surface area contributed by atoms with Crippen molar-refractivity contribution in [3.05, 3.63) is 34.2 Å². The molecule has 0 amide bonds. The molecule has 0 aliphatic rings. The molecule has 0 unspecified atom stereocenters. The van der Waals surface area contributed by atoms with Crippen LogP contribution in [0.3, 0.4) is 0 Å². The molecule has 102 valence electrons. The van der Waals surface area contributed by atoms with Gasteiger partial charge in [-0.15, -0.1) is 11.3 Å². The molecule has 19 heavy (non-hydrogen) atoms. The van der Waals surface area contributed by atoms with Crippen molar-refractivity contribution in [1.29, 1.82) is 0 Å². The van der Waals surface area contributed by atoms with Gasteiger partial charge >= 0.3 is 5.97 Å². The van der Waals surface area contributed by atoms with Crippen molar-refractivity contribution in [3.8, 4) is 0 Å². The third-order valence-corrected chi connectivity index (χ3v) is 4.54. The van der Waals surface area contributed by atoms with Gasteiger partial charge in [0.1, 0.15) is 4.88 Å². The quantitative estimate of drug-likeness (QED) is 0.836. The molecule has 0 atom stereocenters. The first-order chi connectivity index (χ1) is 8.71. The fourth-order valence-electron chi connectivity index (χ4n) is 2.32. The normalized spacial score (nSPS) is 12.3. The lowest BCUT2D eigenvalue weighted by Crippen LogP contribution is -2.10. The predicted octanol–water partition coefficient (Wildman–Crippen LogP) is 5.02. The first kappa shape index (κ1) is 14.1. The lowest BCUT2D eigenvalue weighted by Gasteiger charge is -2.19. The monoisotopic (exact) mass is 276 g/mol. The van der Waals surface area contributed by atoms with Crippen LogP contribution >= 0.6 is 11.3 Å². The van der Waals surface area contributed by atoms with E-state index in [2.05, 4.69) is 52.8 Å². The molecule has 2 aromatic rings. The highest BCUT2D eigenvalue weighted by atomic mass is 32.1. The number of carboxylic acid groups (broad SMARTS) is 1. The van der Waals surface area contributed by atoms with E-state index >= 15 is 0 Å². The zero-order valence-corrected chi connectivity index (χ0v) is 12.9. The van der Waals surface area contributed by atoms with Crippen LogP contribution < -0.4 is 0 Å². The van der Waals surface area contributed by atoms with Crippen molar-refractivity contribution < 1.29 is 9.90 Å². The highest BCUT2D eigenvalue weighted by Crippen LogP contribution is 2.38. The van der Waals surface area contributed by atoms with Crippen molar-refractivity contribution in [3.63, 3.8) is 0 Å². The largest absolute Gasteiger partial charge is 0.477 e. The van der Waals surface area contributed by atoms with E-state index in [-0.39, 0.29) is 11.3 Å². The van der Waals surface area contributed by atoms with Crippen LogP contribution in [0.1, 0.15) is 61.3 Å². The number of carbonyl (C=O) groups is 1. The fraction of sp³-hybridized carbons (Fsp3) is 0.438. The van der Waals surface area contributed by atoms with Gasteiger partial charge in [0.2, 0.25) is 0 Å². The van der Waals surface area contributed by atoms with Crippen LogP contribution in [0, 0.1) is 0 Å². The maximum atomic E-state index is 11.4. The Hall–Kier alpha value is -1.35. The molecule has 1 heterocycles. The summed E-state index contributed by atoms with van der Waals surface area (Å²) in [5, 5.41) is 10.5. The van der Waals surface area contributed by atoms with Crippen LogP contribution in [0.25, 0.3) is 10.1 Å². The van der Waals surface area contributed by atoms with Crippen LogP contribution in [-0.2, 0) is 5.41 Å². The van der Waals surface area contributed by atoms with Crippen molar-refractivity contribution in [2.75, 3.05) is 0 Å². The Morgan fingerprint density at radius 2 is 1.89 bits per heavy atom. The standard InChI is InChI=1S/C16H20O2S/c1-9(2)13-11-8-10(16(3,4)5)6-7-12(11)19-14(13)15(17)18/h6-9H,1-5H3,(H,17,18). The van der Waals surface area contributed by atoms with Gasteiger partial charge in [-0.1, -0.05) is 40.7 Å². The number of hydrogen-bond donors (Lipinski definition) is 1. The van der Waals surface area contributed by atoms with Crippen molar-refractivity contribution in [1.82, 2.24) is 0 Å². The number of benzene rings is 1. The molecule has 2 nitrogen and oxygen atoms in total. The number of rotatable bonds is 2. The van der Waals surface area contributed by atoms with Crippen LogP contribution in [0.5, 0.6) is 0 Å². The van der Waals surface area contributed by atoms with Crippen LogP contribution in [0.15, 0.2) is 18.2 Å². The van der Waals surface area contributed by atoms with E-state index in [1.807, 2.05) is 0 Å². The summed E-state index contributed by atoms with van der Waals surface area (Å²) in [5.74, 6) is -0.600. The van der Waals surface area contributed by atoms with Gasteiger partial charge in [-0.05, 0) is 40.0 Å². The SMILES string of the molecule is CC(C)c1c(C(=O)O)sc2ccc(C(C)(C)C)cc12. The van der Waals surface area contributed by atoms with E-state index in [1.54, 1.807) is 0 Å². The summed E-state index contributed by atoms with van der Waals surface area (Å²) in [6, 6.07) is 6.32. The molecule has 0 spiro atoms. The Morgan fingerprint density at radius 1 is 1.26 bits per heavy atom. The van der Waals surface area contributed by atoms with Gasteiger partial charge in [-0.3, -0.25) is 0 Å². The van der Waals surface area contributed by atoms with E-state index in [9.17, 15) is 9.90 Å². The summed E-state index contributed by atoms with van der Waals surface area (Å²) in [4.78, 5) is 11.9. The first-order valence-electron chi connectivity index (χ1n) is 6.52. The zero-order chi connectivity index (χ0) is 14.4. The minimum atomic E-state index is -0.817. The van der Waals surface area contributed by atoms with Crippen LogP contribution in [0.2, 0.25) is 0 Å². The summed E-state index contributed by atoms with van der Waals surface area (Å²) in [6.45, 7) is 10.6. The molecule has 2 rings (SSSR count). The van der Waals surface area contributed by atoms with Gasteiger partial charge in [-0.2, -0.15) is 0 Å². The Labute approximate surface area is 118 Å². The molecule has 1 N–H and O–H groups in total. The van der Waals surface area contributed by atoms with E-state index in [1.165, 1.54) is 16.9 Å². The maximum absolute atomic E-state index is 11.4. The summed E-state index contributed by atoms with van der Waals surface area (Å²) in [6.07, 6.45) is 0. The third kappa shape index (κ3) is 2.52. The van der Waals surface area contributed by atoms with Gasteiger partial charge in [0.15, 0.2) is 0 Å². The first-order valence-corrected chi connectivity index (χ1v) is 7.33. The fourth-order valence-corrected chi connectivity index (χ4v) is 3.49. The average molecular weight is 276 g/mol. The second-order valence-electron chi connectivity index (χ2n) is 6.27. The van der Waals surface area contributed by atoms with Gasteiger partial charge < -0.3 is 5.11 Å². The molecule has 0 fully saturated rings. The molecule has 0 aliphatic carbocycles. The highest BCUT2D eigenvalue weighted by molar-refractivity contribution is 7.21. The average Bonchev–Trinajstić information content (AvgIpc) is 2.65. The highest BCUT2D eigenvalue weighted by Gasteiger charge is 2.22. The Morgan fingerprint density at radius 3 is 2.37 bits per heavy atom. The van der Waals surface area contributed by atoms with Gasteiger partial charge in [0.25, 0.3) is 0 Å². The molecule has 0 saturated carbocycles. The smallest absolute Gasteiger partial charge is 0.346 e. The molecule has 1 aromatic carbocycles. The van der Waals surface area contributed by atoms with Crippen LogP contribution in [0.4, 0.5) is 0 Å². The lowest BCUT2D eigenvalue weighted by molar-refractivity contribution is 0.0701. The van der Waals surface area contributed by atoms with E-state index < -0.39 is 5.97 Å². The molecular formula is C16H20O2S. The van der Waals surface area contributed by atoms with Crippen molar-refractivity contribution in [2.45, 2.75) is 46.0 Å². The lowest BCUT2D eigenvalue weighted by atomic mass is 9.85. The molecule has 0 radical (unpaired) electrons. The van der Waals surface area contributed by atoms with Crippen molar-refractivity contribution >= 4 is 27.4 Å². The second kappa shape index (κ2) is 4.64. The minimum Gasteiger partial charge on any atom is -0.477 e. The molecule has 0 saturated heterocycles. The van der Waals surface area contributed by atoms with E-state index in [0.29, 0.717) is 4.88 Å².